The van der Waals surface area contributed by atoms with Gasteiger partial charge < -0.3 is 9.84 Å². The Labute approximate surface area is 161 Å². The molecule has 7 nitrogen and oxygen atoms in total. The molecule has 0 amide bonds. The van der Waals surface area contributed by atoms with E-state index in [9.17, 15) is 15.2 Å². The summed E-state index contributed by atoms with van der Waals surface area (Å²) in [5.74, 6) is -0.367. The normalized spacial score (nSPS) is 16.7. The summed E-state index contributed by atoms with van der Waals surface area (Å²) >= 11 is 6.09. The number of rotatable bonds is 4. The third-order valence-electron chi connectivity index (χ3n) is 4.68. The maximum atomic E-state index is 12.9. The fraction of sp³-hybridized carbons (Fsp3) is 0.368. The zero-order valence-corrected chi connectivity index (χ0v) is 15.8. The molecule has 0 saturated carbocycles. The Bertz CT molecular complexity index is 1000. The van der Waals surface area contributed by atoms with E-state index in [0.29, 0.717) is 17.3 Å². The molecule has 1 aromatic heterocycles. The van der Waals surface area contributed by atoms with Crippen LogP contribution in [0.15, 0.2) is 33.2 Å². The summed E-state index contributed by atoms with van der Waals surface area (Å²) in [6.45, 7) is 4.15. The molecule has 0 spiro atoms. The van der Waals surface area contributed by atoms with Gasteiger partial charge in [-0.1, -0.05) is 17.7 Å². The van der Waals surface area contributed by atoms with Gasteiger partial charge in [0.05, 0.1) is 18.3 Å². The number of aromatic nitrogens is 1. The molecular formula is C19H19ClN4O3. The Hall–Kier alpha value is -2.69. The number of nitrogens with zero attached hydrogens (tertiary/aromatic N) is 4. The van der Waals surface area contributed by atoms with Gasteiger partial charge in [-0.2, -0.15) is 10.4 Å². The van der Waals surface area contributed by atoms with Crippen molar-refractivity contribution in [3.05, 3.63) is 50.3 Å². The van der Waals surface area contributed by atoms with E-state index in [1.807, 2.05) is 6.07 Å². The van der Waals surface area contributed by atoms with Crippen molar-refractivity contribution in [1.29, 1.82) is 5.26 Å². The topological polar surface area (TPSA) is 100.0 Å². The smallest absolute Gasteiger partial charge is 0.281 e. The van der Waals surface area contributed by atoms with Gasteiger partial charge in [-0.25, -0.2) is 0 Å². The number of halogens is 1. The number of pyridine rings is 1. The second kappa shape index (κ2) is 7.91. The average molecular weight is 387 g/mol. The highest BCUT2D eigenvalue weighted by atomic mass is 35.5. The van der Waals surface area contributed by atoms with Gasteiger partial charge in [-0.05, 0) is 44.4 Å². The van der Waals surface area contributed by atoms with Crippen molar-refractivity contribution in [1.82, 2.24) is 4.57 Å². The number of azo groups is 1. The number of benzene rings is 1. The molecule has 1 saturated heterocycles. The van der Waals surface area contributed by atoms with Crippen molar-refractivity contribution in [3.63, 3.8) is 0 Å². The molecule has 1 aromatic carbocycles. The SMILES string of the molecule is Cc1c(Cl)cccc1N=Nc1c(C)c(C#N)c(O)n(CC2CCCO2)c1=O. The minimum Gasteiger partial charge on any atom is -0.493 e. The Morgan fingerprint density at radius 3 is 2.81 bits per heavy atom. The number of ether oxygens (including phenoxy) is 1. The van der Waals surface area contributed by atoms with E-state index >= 15 is 0 Å². The van der Waals surface area contributed by atoms with Crippen molar-refractivity contribution in [2.24, 2.45) is 10.2 Å². The summed E-state index contributed by atoms with van der Waals surface area (Å²) in [5.41, 5.74) is 1.05. The second-order valence-corrected chi connectivity index (χ2v) is 6.83. The van der Waals surface area contributed by atoms with Crippen LogP contribution in [0.1, 0.15) is 29.5 Å². The zero-order chi connectivity index (χ0) is 19.6. The molecule has 0 bridgehead atoms. The van der Waals surface area contributed by atoms with Crippen LogP contribution < -0.4 is 5.56 Å². The van der Waals surface area contributed by atoms with Crippen molar-refractivity contribution in [2.45, 2.75) is 39.3 Å². The Kier molecular flexibility index (Phi) is 5.59. The Balaban J connectivity index is 2.09. The lowest BCUT2D eigenvalue weighted by Gasteiger charge is -2.16. The highest BCUT2D eigenvalue weighted by Crippen LogP contribution is 2.30. The summed E-state index contributed by atoms with van der Waals surface area (Å²) in [7, 11) is 0. The lowest BCUT2D eigenvalue weighted by Crippen LogP contribution is -2.27. The van der Waals surface area contributed by atoms with Crippen LogP contribution in [0, 0.1) is 25.2 Å². The number of aromatic hydroxyl groups is 1. The van der Waals surface area contributed by atoms with Crippen molar-refractivity contribution >= 4 is 23.0 Å². The quantitative estimate of drug-likeness (QED) is 0.792. The molecule has 0 aliphatic carbocycles. The van der Waals surface area contributed by atoms with E-state index in [4.69, 9.17) is 16.3 Å². The van der Waals surface area contributed by atoms with E-state index in [0.717, 1.165) is 23.0 Å². The molecule has 8 heteroatoms. The first kappa shape index (κ1) is 19.1. The third-order valence-corrected chi connectivity index (χ3v) is 5.09. The molecule has 140 valence electrons. The van der Waals surface area contributed by atoms with Crippen LogP contribution >= 0.6 is 11.6 Å². The van der Waals surface area contributed by atoms with Crippen LogP contribution in [0.2, 0.25) is 5.02 Å². The molecule has 1 N–H and O–H groups in total. The molecule has 1 aliphatic heterocycles. The molecule has 1 unspecified atom stereocenters. The Morgan fingerprint density at radius 2 is 2.15 bits per heavy atom. The lowest BCUT2D eigenvalue weighted by molar-refractivity contribution is 0.0939. The van der Waals surface area contributed by atoms with Crippen LogP contribution in [-0.2, 0) is 11.3 Å². The predicted octanol–water partition coefficient (Wildman–Crippen LogP) is 4.29. The minimum absolute atomic E-state index is 0.00404. The van der Waals surface area contributed by atoms with Crippen LogP contribution in [0.4, 0.5) is 11.4 Å². The van der Waals surface area contributed by atoms with Gasteiger partial charge in [0.1, 0.15) is 11.6 Å². The minimum atomic E-state index is -0.511. The average Bonchev–Trinajstić information content (AvgIpc) is 3.15. The molecule has 1 atom stereocenters. The summed E-state index contributed by atoms with van der Waals surface area (Å²) in [5, 5.41) is 28.6. The first-order valence-electron chi connectivity index (χ1n) is 8.59. The van der Waals surface area contributed by atoms with Crippen LogP contribution in [0.25, 0.3) is 0 Å². The van der Waals surface area contributed by atoms with Gasteiger partial charge in [-0.15, -0.1) is 5.11 Å². The second-order valence-electron chi connectivity index (χ2n) is 6.42. The number of nitriles is 1. The van der Waals surface area contributed by atoms with Crippen LogP contribution in [0.5, 0.6) is 5.88 Å². The van der Waals surface area contributed by atoms with E-state index in [2.05, 4.69) is 10.2 Å². The molecule has 2 heterocycles. The fourth-order valence-corrected chi connectivity index (χ4v) is 3.20. The number of hydrogen-bond acceptors (Lipinski definition) is 6. The Morgan fingerprint density at radius 1 is 1.37 bits per heavy atom. The first-order valence-corrected chi connectivity index (χ1v) is 8.96. The summed E-state index contributed by atoms with van der Waals surface area (Å²) < 4.78 is 6.69. The van der Waals surface area contributed by atoms with Gasteiger partial charge in [0.25, 0.3) is 5.56 Å². The summed E-state index contributed by atoms with van der Waals surface area (Å²) in [6.07, 6.45) is 1.51. The molecule has 1 fully saturated rings. The molecule has 27 heavy (non-hydrogen) atoms. The van der Waals surface area contributed by atoms with Crippen LogP contribution in [-0.4, -0.2) is 22.4 Å². The maximum absolute atomic E-state index is 12.9. The predicted molar refractivity (Wildman–Crippen MR) is 101 cm³/mol. The molecular weight excluding hydrogens is 368 g/mol. The van der Waals surface area contributed by atoms with E-state index in [1.54, 1.807) is 32.0 Å². The summed E-state index contributed by atoms with van der Waals surface area (Å²) in [4.78, 5) is 12.9. The van der Waals surface area contributed by atoms with Gasteiger partial charge in [0, 0.05) is 17.2 Å². The van der Waals surface area contributed by atoms with Crippen molar-refractivity contribution in [3.8, 4) is 11.9 Å². The fourth-order valence-electron chi connectivity index (χ4n) is 3.03. The van der Waals surface area contributed by atoms with Crippen LogP contribution in [0.3, 0.4) is 0 Å². The van der Waals surface area contributed by atoms with Gasteiger partial charge in [-0.3, -0.25) is 9.36 Å². The first-order chi connectivity index (χ1) is 12.9. The van der Waals surface area contributed by atoms with E-state index in [1.165, 1.54) is 0 Å². The van der Waals surface area contributed by atoms with Gasteiger partial charge in [0.15, 0.2) is 5.69 Å². The van der Waals surface area contributed by atoms with Gasteiger partial charge in [0.2, 0.25) is 5.88 Å². The van der Waals surface area contributed by atoms with Gasteiger partial charge >= 0.3 is 0 Å². The maximum Gasteiger partial charge on any atom is 0.281 e. The molecule has 0 radical (unpaired) electrons. The molecule has 3 rings (SSSR count). The molecule has 2 aromatic rings. The largest absolute Gasteiger partial charge is 0.493 e. The van der Waals surface area contributed by atoms with E-state index in [-0.39, 0.29) is 35.3 Å². The summed E-state index contributed by atoms with van der Waals surface area (Å²) in [6, 6.07) is 7.15. The van der Waals surface area contributed by atoms with Crippen molar-refractivity contribution in [2.75, 3.05) is 6.61 Å². The monoisotopic (exact) mass is 386 g/mol. The zero-order valence-electron chi connectivity index (χ0n) is 15.1. The van der Waals surface area contributed by atoms with E-state index < -0.39 is 5.56 Å². The molecule has 1 aliphatic rings. The number of hydrogen-bond donors (Lipinski definition) is 1. The highest BCUT2D eigenvalue weighted by Gasteiger charge is 2.23. The highest BCUT2D eigenvalue weighted by molar-refractivity contribution is 6.31. The standard InChI is InChI=1S/C19H19ClN4O3/c1-11-14(9-21)18(25)24(10-13-5-4-8-27-13)19(26)17(11)23-22-16-7-3-6-15(20)12(16)2/h3,6-7,13,25H,4-5,8,10H2,1-2H3. The third kappa shape index (κ3) is 3.72. The van der Waals surface area contributed by atoms with Crippen molar-refractivity contribution < 1.29 is 9.84 Å². The lowest BCUT2D eigenvalue weighted by atomic mass is 10.1.